The van der Waals surface area contributed by atoms with Crippen LogP contribution in [0.4, 0.5) is 0 Å². The van der Waals surface area contributed by atoms with Gasteiger partial charge in [0.05, 0.1) is 11.1 Å². The molecule has 3 rings (SSSR count). The van der Waals surface area contributed by atoms with Gasteiger partial charge in [0.15, 0.2) is 0 Å². The van der Waals surface area contributed by atoms with E-state index in [1.54, 1.807) is 12.1 Å². The Morgan fingerprint density at radius 3 is 2.33 bits per heavy atom. The summed E-state index contributed by atoms with van der Waals surface area (Å²) in [6.07, 6.45) is 1.66. The van der Waals surface area contributed by atoms with Gasteiger partial charge in [0.1, 0.15) is 4.90 Å². The average Bonchev–Trinajstić information content (AvgIpc) is 3.18. The van der Waals surface area contributed by atoms with Crippen molar-refractivity contribution < 1.29 is 13.2 Å². The molecule has 2 aromatic rings. The quantitative estimate of drug-likeness (QED) is 0.775. The molecule has 1 saturated heterocycles. The van der Waals surface area contributed by atoms with E-state index in [9.17, 15) is 13.2 Å². The number of nitrogens with one attached hydrogen (secondary N) is 1. The van der Waals surface area contributed by atoms with Gasteiger partial charge in [-0.15, -0.1) is 0 Å². The van der Waals surface area contributed by atoms with Gasteiger partial charge in [0.2, 0.25) is 10.0 Å². The van der Waals surface area contributed by atoms with Crippen molar-refractivity contribution in [3.8, 4) is 0 Å². The van der Waals surface area contributed by atoms with Crippen LogP contribution in [0.1, 0.15) is 41.7 Å². The van der Waals surface area contributed by atoms with Gasteiger partial charge in [-0.05, 0) is 55.7 Å². The van der Waals surface area contributed by atoms with Gasteiger partial charge in [-0.25, -0.2) is 8.42 Å². The molecule has 27 heavy (non-hydrogen) atoms. The lowest BCUT2D eigenvalue weighted by Gasteiger charge is -2.18. The first-order valence-corrected chi connectivity index (χ1v) is 10.8. The molecule has 0 saturated carbocycles. The van der Waals surface area contributed by atoms with Crippen LogP contribution >= 0.6 is 23.2 Å². The number of sulfonamides is 1. The highest BCUT2D eigenvalue weighted by Gasteiger charge is 2.29. The molecule has 8 heteroatoms. The molecule has 1 aliphatic heterocycles. The Kier molecular flexibility index (Phi) is 6.11. The van der Waals surface area contributed by atoms with Crippen molar-refractivity contribution in [1.82, 2.24) is 9.62 Å². The summed E-state index contributed by atoms with van der Waals surface area (Å²) in [5.41, 5.74) is 1.14. The molecular formula is C19H20Cl2N2O3S. The van der Waals surface area contributed by atoms with E-state index in [2.05, 4.69) is 5.32 Å². The van der Waals surface area contributed by atoms with Gasteiger partial charge in [-0.1, -0.05) is 35.3 Å². The number of hydrogen-bond donors (Lipinski definition) is 1. The molecule has 1 amide bonds. The molecule has 144 valence electrons. The number of benzene rings is 2. The number of nitrogens with zero attached hydrogens (tertiary/aromatic N) is 1. The van der Waals surface area contributed by atoms with Crippen LogP contribution in [0.15, 0.2) is 47.4 Å². The van der Waals surface area contributed by atoms with Crippen molar-refractivity contribution in [3.05, 3.63) is 63.6 Å². The van der Waals surface area contributed by atoms with Gasteiger partial charge in [-0.3, -0.25) is 4.79 Å². The molecule has 1 atom stereocenters. The Bertz CT molecular complexity index is 940. The lowest BCUT2D eigenvalue weighted by atomic mass is 10.1. The molecular weight excluding hydrogens is 407 g/mol. The van der Waals surface area contributed by atoms with E-state index in [1.165, 1.54) is 22.5 Å². The first-order valence-electron chi connectivity index (χ1n) is 8.65. The van der Waals surface area contributed by atoms with E-state index in [4.69, 9.17) is 23.2 Å². The molecule has 0 spiro atoms. The SMILES string of the molecule is C[C@@H](NC(=O)c1ccc(Cl)c(S(=O)(=O)N2CCCC2)c1)c1ccc(Cl)cc1. The summed E-state index contributed by atoms with van der Waals surface area (Å²) in [7, 11) is -3.70. The van der Waals surface area contributed by atoms with Crippen LogP contribution in [-0.4, -0.2) is 31.7 Å². The second-order valence-electron chi connectivity index (χ2n) is 6.50. The van der Waals surface area contributed by atoms with Crippen LogP contribution in [0.2, 0.25) is 10.0 Å². The third-order valence-corrected chi connectivity index (χ3v) is 7.23. The zero-order valence-electron chi connectivity index (χ0n) is 14.8. The monoisotopic (exact) mass is 426 g/mol. The third-order valence-electron chi connectivity index (χ3n) is 4.59. The number of carbonyl (C=O) groups is 1. The smallest absolute Gasteiger partial charge is 0.251 e. The van der Waals surface area contributed by atoms with Crippen molar-refractivity contribution in [2.24, 2.45) is 0 Å². The summed E-state index contributed by atoms with van der Waals surface area (Å²) in [4.78, 5) is 12.6. The van der Waals surface area contributed by atoms with Crippen LogP contribution < -0.4 is 5.32 Å². The van der Waals surface area contributed by atoms with E-state index in [0.717, 1.165) is 18.4 Å². The second kappa shape index (κ2) is 8.19. The van der Waals surface area contributed by atoms with Gasteiger partial charge >= 0.3 is 0 Å². The minimum atomic E-state index is -3.70. The van der Waals surface area contributed by atoms with E-state index in [1.807, 2.05) is 19.1 Å². The van der Waals surface area contributed by atoms with Crippen molar-refractivity contribution in [1.29, 1.82) is 0 Å². The number of hydrogen-bond acceptors (Lipinski definition) is 3. The van der Waals surface area contributed by atoms with E-state index in [-0.39, 0.29) is 27.4 Å². The Morgan fingerprint density at radius 2 is 1.70 bits per heavy atom. The number of carbonyl (C=O) groups excluding carboxylic acids is 1. The topological polar surface area (TPSA) is 66.5 Å². The Morgan fingerprint density at radius 1 is 1.07 bits per heavy atom. The summed E-state index contributed by atoms with van der Waals surface area (Å²) in [5, 5.41) is 3.60. The number of halogens is 2. The van der Waals surface area contributed by atoms with Crippen LogP contribution in [-0.2, 0) is 10.0 Å². The highest BCUT2D eigenvalue weighted by molar-refractivity contribution is 7.89. The van der Waals surface area contributed by atoms with Gasteiger partial charge < -0.3 is 5.32 Å². The molecule has 2 aromatic carbocycles. The lowest BCUT2D eigenvalue weighted by molar-refractivity contribution is 0.0939. The number of amides is 1. The zero-order valence-corrected chi connectivity index (χ0v) is 17.1. The van der Waals surface area contributed by atoms with Gasteiger partial charge in [0, 0.05) is 23.7 Å². The summed E-state index contributed by atoms with van der Waals surface area (Å²) in [5.74, 6) is -0.369. The molecule has 0 unspecified atom stereocenters. The first-order chi connectivity index (χ1) is 12.8. The zero-order chi connectivity index (χ0) is 19.6. The molecule has 1 fully saturated rings. The standard InChI is InChI=1S/C19H20Cl2N2O3S/c1-13(14-4-7-16(20)8-5-14)22-19(24)15-6-9-17(21)18(12-15)27(25,26)23-10-2-3-11-23/h4-9,12-13H,2-3,10-11H2,1H3,(H,22,24)/t13-/m1/s1. The minimum absolute atomic E-state index is 0.0298. The van der Waals surface area contributed by atoms with Crippen LogP contribution in [0, 0.1) is 0 Å². The highest BCUT2D eigenvalue weighted by Crippen LogP contribution is 2.28. The van der Waals surface area contributed by atoms with E-state index >= 15 is 0 Å². The summed E-state index contributed by atoms with van der Waals surface area (Å²) in [6, 6.07) is 11.2. The molecule has 0 bridgehead atoms. The average molecular weight is 427 g/mol. The molecule has 0 aromatic heterocycles. The summed E-state index contributed by atoms with van der Waals surface area (Å²) < 4.78 is 27.0. The van der Waals surface area contributed by atoms with Crippen LogP contribution in [0.5, 0.6) is 0 Å². The fourth-order valence-corrected chi connectivity index (χ4v) is 5.17. The maximum absolute atomic E-state index is 12.8. The molecule has 5 nitrogen and oxygen atoms in total. The minimum Gasteiger partial charge on any atom is -0.346 e. The number of rotatable bonds is 5. The fourth-order valence-electron chi connectivity index (χ4n) is 3.02. The maximum atomic E-state index is 12.8. The molecule has 0 aliphatic carbocycles. The predicted octanol–water partition coefficient (Wildman–Crippen LogP) is 4.27. The largest absolute Gasteiger partial charge is 0.346 e. The summed E-state index contributed by atoms with van der Waals surface area (Å²) in [6.45, 7) is 2.80. The molecule has 1 N–H and O–H groups in total. The Balaban J connectivity index is 1.82. The van der Waals surface area contributed by atoms with Crippen molar-refractivity contribution in [2.45, 2.75) is 30.7 Å². The van der Waals surface area contributed by atoms with E-state index in [0.29, 0.717) is 18.1 Å². The van der Waals surface area contributed by atoms with Gasteiger partial charge in [0.25, 0.3) is 5.91 Å². The molecule has 1 heterocycles. The third kappa shape index (κ3) is 4.46. The van der Waals surface area contributed by atoms with E-state index < -0.39 is 10.0 Å². The normalized spacial score (nSPS) is 16.3. The molecule has 0 radical (unpaired) electrons. The summed E-state index contributed by atoms with van der Waals surface area (Å²) >= 11 is 12.0. The van der Waals surface area contributed by atoms with Crippen LogP contribution in [0.25, 0.3) is 0 Å². The fraction of sp³-hybridized carbons (Fsp3) is 0.316. The molecule has 1 aliphatic rings. The van der Waals surface area contributed by atoms with Crippen molar-refractivity contribution in [3.63, 3.8) is 0 Å². The predicted molar refractivity (Wildman–Crippen MR) is 107 cm³/mol. The van der Waals surface area contributed by atoms with Crippen LogP contribution in [0.3, 0.4) is 0 Å². The maximum Gasteiger partial charge on any atom is 0.251 e. The Labute approximate surface area is 169 Å². The highest BCUT2D eigenvalue weighted by atomic mass is 35.5. The van der Waals surface area contributed by atoms with Gasteiger partial charge in [-0.2, -0.15) is 4.31 Å². The Hall–Kier alpha value is -1.60. The van der Waals surface area contributed by atoms with Crippen molar-refractivity contribution in [2.75, 3.05) is 13.1 Å². The lowest BCUT2D eigenvalue weighted by Crippen LogP contribution is -2.29. The second-order valence-corrected chi connectivity index (χ2v) is 9.25. The van der Waals surface area contributed by atoms with Crippen molar-refractivity contribution >= 4 is 39.1 Å². The first kappa shape index (κ1) is 20.1.